The van der Waals surface area contributed by atoms with Crippen molar-refractivity contribution < 1.29 is 4.84 Å². The summed E-state index contributed by atoms with van der Waals surface area (Å²) in [5.41, 5.74) is 4.83. The van der Waals surface area contributed by atoms with E-state index in [2.05, 4.69) is 35.5 Å². The van der Waals surface area contributed by atoms with Crippen molar-refractivity contribution in [3.05, 3.63) is 95.6 Å². The standard InChI is InChI=1S/C21H16N2O/c22-14-17-6-4-7-18(12-17)15-23-24-16-19-8-5-11-21(13-19)20-9-2-1-3-10-20/h1-13,15H,16H2. The van der Waals surface area contributed by atoms with Gasteiger partial charge in [-0.25, -0.2) is 0 Å². The van der Waals surface area contributed by atoms with E-state index in [9.17, 15) is 0 Å². The molecule has 0 aliphatic rings. The molecule has 0 amide bonds. The number of benzene rings is 3. The Morgan fingerprint density at radius 1 is 0.875 bits per heavy atom. The molecular weight excluding hydrogens is 296 g/mol. The van der Waals surface area contributed by atoms with Crippen LogP contribution in [0.15, 0.2) is 84.0 Å². The Kier molecular flexibility index (Phi) is 5.01. The van der Waals surface area contributed by atoms with Crippen molar-refractivity contribution in [2.45, 2.75) is 6.61 Å². The highest BCUT2D eigenvalue weighted by Gasteiger charge is 1.99. The first-order chi connectivity index (χ1) is 11.8. The quantitative estimate of drug-likeness (QED) is 0.503. The van der Waals surface area contributed by atoms with Gasteiger partial charge in [0.05, 0.1) is 17.8 Å². The molecule has 24 heavy (non-hydrogen) atoms. The molecule has 0 aliphatic heterocycles. The third-order valence-corrected chi connectivity index (χ3v) is 3.56. The summed E-state index contributed by atoms with van der Waals surface area (Å²) in [7, 11) is 0. The van der Waals surface area contributed by atoms with E-state index in [1.807, 2.05) is 42.5 Å². The molecule has 3 aromatic rings. The predicted molar refractivity (Wildman–Crippen MR) is 95.4 cm³/mol. The third-order valence-electron chi connectivity index (χ3n) is 3.56. The zero-order valence-corrected chi connectivity index (χ0v) is 13.1. The first-order valence-corrected chi connectivity index (χ1v) is 7.65. The van der Waals surface area contributed by atoms with Crippen LogP contribution in [-0.2, 0) is 11.4 Å². The van der Waals surface area contributed by atoms with Crippen LogP contribution in [-0.4, -0.2) is 6.21 Å². The lowest BCUT2D eigenvalue weighted by Crippen LogP contribution is -1.89. The van der Waals surface area contributed by atoms with Crippen LogP contribution >= 0.6 is 0 Å². The van der Waals surface area contributed by atoms with Crippen molar-refractivity contribution in [1.29, 1.82) is 5.26 Å². The second kappa shape index (κ2) is 7.75. The summed E-state index contributed by atoms with van der Waals surface area (Å²) in [6.45, 7) is 0.398. The Bertz CT molecular complexity index is 880. The molecule has 0 saturated carbocycles. The van der Waals surface area contributed by atoms with Crippen LogP contribution in [0.25, 0.3) is 11.1 Å². The Labute approximate surface area is 141 Å². The molecule has 0 radical (unpaired) electrons. The molecule has 0 atom stereocenters. The number of hydrogen-bond acceptors (Lipinski definition) is 3. The highest BCUT2D eigenvalue weighted by atomic mass is 16.6. The maximum atomic E-state index is 8.88. The second-order valence-electron chi connectivity index (χ2n) is 5.31. The lowest BCUT2D eigenvalue weighted by atomic mass is 10.0. The van der Waals surface area contributed by atoms with Gasteiger partial charge in [0.15, 0.2) is 0 Å². The fourth-order valence-electron chi connectivity index (χ4n) is 2.37. The van der Waals surface area contributed by atoms with Gasteiger partial charge in [-0.2, -0.15) is 5.26 Å². The van der Waals surface area contributed by atoms with Crippen LogP contribution in [0.3, 0.4) is 0 Å². The Morgan fingerprint density at radius 2 is 1.67 bits per heavy atom. The van der Waals surface area contributed by atoms with Crippen LogP contribution in [0.2, 0.25) is 0 Å². The summed E-state index contributed by atoms with van der Waals surface area (Å²) < 4.78 is 0. The average molecular weight is 312 g/mol. The summed E-state index contributed by atoms with van der Waals surface area (Å²) in [6, 6.07) is 27.8. The van der Waals surface area contributed by atoms with E-state index in [4.69, 9.17) is 10.1 Å². The summed E-state index contributed by atoms with van der Waals surface area (Å²) >= 11 is 0. The summed E-state index contributed by atoms with van der Waals surface area (Å²) in [5, 5.41) is 12.9. The van der Waals surface area contributed by atoms with Crippen molar-refractivity contribution in [2.75, 3.05) is 0 Å². The summed E-state index contributed by atoms with van der Waals surface area (Å²) in [5.74, 6) is 0. The Morgan fingerprint density at radius 3 is 2.50 bits per heavy atom. The predicted octanol–water partition coefficient (Wildman–Crippen LogP) is 4.78. The van der Waals surface area contributed by atoms with E-state index in [0.29, 0.717) is 12.2 Å². The van der Waals surface area contributed by atoms with Gasteiger partial charge in [0.1, 0.15) is 6.61 Å². The fourth-order valence-corrected chi connectivity index (χ4v) is 2.37. The lowest BCUT2D eigenvalue weighted by Gasteiger charge is -2.05. The molecule has 0 aromatic heterocycles. The molecule has 116 valence electrons. The molecule has 3 nitrogen and oxygen atoms in total. The van der Waals surface area contributed by atoms with Crippen LogP contribution in [0.1, 0.15) is 16.7 Å². The van der Waals surface area contributed by atoms with Crippen LogP contribution < -0.4 is 0 Å². The minimum absolute atomic E-state index is 0.398. The number of rotatable bonds is 5. The van der Waals surface area contributed by atoms with Gasteiger partial charge in [-0.15, -0.1) is 0 Å². The molecular formula is C21H16N2O. The lowest BCUT2D eigenvalue weighted by molar-refractivity contribution is 0.132. The topological polar surface area (TPSA) is 45.4 Å². The minimum atomic E-state index is 0.398. The fraction of sp³-hybridized carbons (Fsp3) is 0.0476. The molecule has 0 saturated heterocycles. The molecule has 0 spiro atoms. The van der Waals surface area contributed by atoms with E-state index in [-0.39, 0.29) is 0 Å². The third kappa shape index (κ3) is 4.08. The molecule has 0 heterocycles. The first kappa shape index (κ1) is 15.5. The highest BCUT2D eigenvalue weighted by molar-refractivity contribution is 5.79. The molecule has 0 bridgehead atoms. The van der Waals surface area contributed by atoms with Crippen LogP contribution in [0.5, 0.6) is 0 Å². The first-order valence-electron chi connectivity index (χ1n) is 7.65. The van der Waals surface area contributed by atoms with Crippen molar-refractivity contribution in [1.82, 2.24) is 0 Å². The number of nitrogens with zero attached hydrogens (tertiary/aromatic N) is 2. The zero-order valence-electron chi connectivity index (χ0n) is 13.1. The van der Waals surface area contributed by atoms with Crippen LogP contribution in [0, 0.1) is 11.3 Å². The molecule has 3 rings (SSSR count). The molecule has 0 unspecified atom stereocenters. The van der Waals surface area contributed by atoms with Gasteiger partial charge < -0.3 is 4.84 Å². The van der Waals surface area contributed by atoms with Gasteiger partial charge >= 0.3 is 0 Å². The largest absolute Gasteiger partial charge is 0.391 e. The van der Waals surface area contributed by atoms with Gasteiger partial charge in [0.25, 0.3) is 0 Å². The molecule has 0 fully saturated rings. The number of nitriles is 1. The van der Waals surface area contributed by atoms with E-state index in [1.165, 1.54) is 5.56 Å². The van der Waals surface area contributed by atoms with Crippen molar-refractivity contribution in [3.8, 4) is 17.2 Å². The van der Waals surface area contributed by atoms with Crippen LogP contribution in [0.4, 0.5) is 0 Å². The normalized spacial score (nSPS) is 10.5. The minimum Gasteiger partial charge on any atom is -0.391 e. The molecule has 3 aromatic carbocycles. The van der Waals surface area contributed by atoms with E-state index < -0.39 is 0 Å². The van der Waals surface area contributed by atoms with Crippen molar-refractivity contribution in [3.63, 3.8) is 0 Å². The van der Waals surface area contributed by atoms with Gasteiger partial charge in [0, 0.05) is 0 Å². The van der Waals surface area contributed by atoms with Gasteiger partial charge in [-0.1, -0.05) is 65.8 Å². The van der Waals surface area contributed by atoms with E-state index in [0.717, 1.165) is 16.7 Å². The van der Waals surface area contributed by atoms with Gasteiger partial charge in [-0.3, -0.25) is 0 Å². The van der Waals surface area contributed by atoms with E-state index >= 15 is 0 Å². The maximum Gasteiger partial charge on any atom is 0.142 e. The van der Waals surface area contributed by atoms with Gasteiger partial charge in [-0.05, 0) is 40.5 Å². The molecule has 0 N–H and O–H groups in total. The van der Waals surface area contributed by atoms with Crippen molar-refractivity contribution >= 4 is 6.21 Å². The maximum absolute atomic E-state index is 8.88. The summed E-state index contributed by atoms with van der Waals surface area (Å²) in [4.78, 5) is 5.37. The Balaban J connectivity index is 1.63. The number of oxime groups is 1. The SMILES string of the molecule is N#Cc1cccc(C=NOCc2cccc(-c3ccccc3)c2)c1. The molecule has 3 heteroatoms. The second-order valence-corrected chi connectivity index (χ2v) is 5.31. The Hall–Kier alpha value is -3.38. The van der Waals surface area contributed by atoms with Gasteiger partial charge in [0.2, 0.25) is 0 Å². The van der Waals surface area contributed by atoms with E-state index in [1.54, 1.807) is 18.3 Å². The molecule has 0 aliphatic carbocycles. The zero-order chi connectivity index (χ0) is 16.6. The monoisotopic (exact) mass is 312 g/mol. The smallest absolute Gasteiger partial charge is 0.142 e. The van der Waals surface area contributed by atoms with Crippen molar-refractivity contribution in [2.24, 2.45) is 5.16 Å². The summed E-state index contributed by atoms with van der Waals surface area (Å²) in [6.07, 6.45) is 1.61. The number of hydrogen-bond donors (Lipinski definition) is 0. The highest BCUT2D eigenvalue weighted by Crippen LogP contribution is 2.20. The average Bonchev–Trinajstić information content (AvgIpc) is 2.66.